The first-order valence-corrected chi connectivity index (χ1v) is 10.5. The average molecular weight is 407 g/mol. The number of hydrogen-bond donors (Lipinski definition) is 1. The molecule has 1 aliphatic rings. The van der Waals surface area contributed by atoms with Crippen molar-refractivity contribution in [3.05, 3.63) is 78.2 Å². The van der Waals surface area contributed by atoms with Crippen LogP contribution in [-0.2, 0) is 10.5 Å². The highest BCUT2D eigenvalue weighted by atomic mass is 32.2. The van der Waals surface area contributed by atoms with Crippen LogP contribution in [-0.4, -0.2) is 42.2 Å². The van der Waals surface area contributed by atoms with Crippen LogP contribution in [0, 0.1) is 0 Å². The number of benzene rings is 1. The van der Waals surface area contributed by atoms with Crippen molar-refractivity contribution >= 4 is 29.2 Å². The summed E-state index contributed by atoms with van der Waals surface area (Å²) in [4.78, 5) is 24.4. The molecule has 1 aliphatic heterocycles. The van der Waals surface area contributed by atoms with E-state index in [2.05, 4.69) is 26.3 Å². The minimum absolute atomic E-state index is 0.144. The molecule has 0 atom stereocenters. The van der Waals surface area contributed by atoms with Crippen molar-refractivity contribution in [2.45, 2.75) is 10.6 Å². The van der Waals surface area contributed by atoms with Crippen LogP contribution in [0.2, 0.25) is 0 Å². The number of nitrogens with zero attached hydrogens (tertiary/aromatic N) is 3. The fraction of sp³-hybridized carbons (Fsp3) is 0.227. The van der Waals surface area contributed by atoms with Gasteiger partial charge in [0.05, 0.1) is 25.1 Å². The predicted octanol–water partition coefficient (Wildman–Crippen LogP) is 3.86. The molecule has 7 heteroatoms. The molecule has 6 nitrogen and oxygen atoms in total. The van der Waals surface area contributed by atoms with Crippen molar-refractivity contribution in [3.63, 3.8) is 0 Å². The fourth-order valence-corrected chi connectivity index (χ4v) is 3.83. The Bertz CT molecular complexity index is 927. The summed E-state index contributed by atoms with van der Waals surface area (Å²) in [5, 5.41) is 2.91. The number of morpholine rings is 1. The molecule has 0 unspecified atom stereocenters. The summed E-state index contributed by atoms with van der Waals surface area (Å²) in [5.74, 6) is 1.61. The van der Waals surface area contributed by atoms with Crippen LogP contribution >= 0.6 is 11.8 Å². The number of pyridine rings is 2. The van der Waals surface area contributed by atoms with Gasteiger partial charge >= 0.3 is 0 Å². The molecule has 1 aromatic carbocycles. The molecule has 1 amide bonds. The van der Waals surface area contributed by atoms with Crippen LogP contribution in [0.25, 0.3) is 0 Å². The van der Waals surface area contributed by atoms with Gasteiger partial charge in [-0.1, -0.05) is 6.07 Å². The maximum atomic E-state index is 12.5. The van der Waals surface area contributed by atoms with Gasteiger partial charge in [0.15, 0.2) is 0 Å². The maximum Gasteiger partial charge on any atom is 0.255 e. The number of carbonyl (C=O) groups is 1. The molecular formula is C22H22N4O2S. The molecule has 1 N–H and O–H groups in total. The van der Waals surface area contributed by atoms with Gasteiger partial charge in [0, 0.05) is 41.7 Å². The fourth-order valence-electron chi connectivity index (χ4n) is 3.00. The molecule has 0 spiro atoms. The molecular weight excluding hydrogens is 384 g/mol. The van der Waals surface area contributed by atoms with Crippen molar-refractivity contribution in [3.8, 4) is 0 Å². The van der Waals surface area contributed by atoms with E-state index in [0.717, 1.165) is 42.8 Å². The SMILES string of the molecule is O=C(Nc1ccc(N2CCOCC2)nc1)c1ccc(SCc2cccnc2)cc1. The Labute approximate surface area is 174 Å². The largest absolute Gasteiger partial charge is 0.378 e. The number of ether oxygens (including phenoxy) is 1. The minimum Gasteiger partial charge on any atom is -0.378 e. The number of hydrogen-bond acceptors (Lipinski definition) is 6. The van der Waals surface area contributed by atoms with Gasteiger partial charge in [-0.15, -0.1) is 11.8 Å². The molecule has 3 aromatic rings. The zero-order valence-corrected chi connectivity index (χ0v) is 16.8. The van der Waals surface area contributed by atoms with E-state index in [1.54, 1.807) is 24.2 Å². The number of thioether (sulfide) groups is 1. The number of rotatable bonds is 6. The molecule has 29 heavy (non-hydrogen) atoms. The van der Waals surface area contributed by atoms with E-state index in [1.807, 2.05) is 48.7 Å². The first-order valence-electron chi connectivity index (χ1n) is 9.50. The van der Waals surface area contributed by atoms with Gasteiger partial charge in [-0.3, -0.25) is 9.78 Å². The van der Waals surface area contributed by atoms with E-state index < -0.39 is 0 Å². The van der Waals surface area contributed by atoms with Gasteiger partial charge in [-0.2, -0.15) is 0 Å². The Balaban J connectivity index is 1.32. The quantitative estimate of drug-likeness (QED) is 0.627. The first kappa shape index (κ1) is 19.4. The van der Waals surface area contributed by atoms with E-state index in [4.69, 9.17) is 4.74 Å². The summed E-state index contributed by atoms with van der Waals surface area (Å²) in [6.45, 7) is 3.11. The Morgan fingerprint density at radius 3 is 2.59 bits per heavy atom. The predicted molar refractivity (Wildman–Crippen MR) is 115 cm³/mol. The third kappa shape index (κ3) is 5.34. The van der Waals surface area contributed by atoms with Gasteiger partial charge < -0.3 is 15.0 Å². The zero-order chi connectivity index (χ0) is 19.9. The Kier molecular flexibility index (Phi) is 6.38. The molecule has 148 valence electrons. The van der Waals surface area contributed by atoms with Crippen LogP contribution in [0.15, 0.2) is 72.0 Å². The number of amides is 1. The Hall–Kier alpha value is -2.90. The number of aromatic nitrogens is 2. The van der Waals surface area contributed by atoms with E-state index in [-0.39, 0.29) is 5.91 Å². The summed E-state index contributed by atoms with van der Waals surface area (Å²) in [5.41, 5.74) is 2.47. The van der Waals surface area contributed by atoms with Crippen LogP contribution in [0.4, 0.5) is 11.5 Å². The summed E-state index contributed by atoms with van der Waals surface area (Å²) in [6, 6.07) is 15.4. The third-order valence-corrected chi connectivity index (χ3v) is 5.67. The third-order valence-electron chi connectivity index (χ3n) is 4.59. The second kappa shape index (κ2) is 9.54. The number of anilines is 2. The van der Waals surface area contributed by atoms with Crippen molar-refractivity contribution in [2.24, 2.45) is 0 Å². The van der Waals surface area contributed by atoms with Crippen LogP contribution in [0.1, 0.15) is 15.9 Å². The van der Waals surface area contributed by atoms with E-state index in [1.165, 1.54) is 5.56 Å². The summed E-state index contributed by atoms with van der Waals surface area (Å²) < 4.78 is 5.36. The van der Waals surface area contributed by atoms with Crippen LogP contribution in [0.3, 0.4) is 0 Å². The molecule has 1 fully saturated rings. The maximum absolute atomic E-state index is 12.5. The monoisotopic (exact) mass is 406 g/mol. The highest BCUT2D eigenvalue weighted by molar-refractivity contribution is 7.98. The lowest BCUT2D eigenvalue weighted by Crippen LogP contribution is -2.36. The Morgan fingerprint density at radius 2 is 1.90 bits per heavy atom. The topological polar surface area (TPSA) is 67.4 Å². The highest BCUT2D eigenvalue weighted by Crippen LogP contribution is 2.23. The molecule has 0 bridgehead atoms. The molecule has 0 aliphatic carbocycles. The molecule has 4 rings (SSSR count). The smallest absolute Gasteiger partial charge is 0.255 e. The van der Waals surface area contributed by atoms with Gasteiger partial charge in [-0.25, -0.2) is 4.98 Å². The van der Waals surface area contributed by atoms with Gasteiger partial charge in [0.1, 0.15) is 5.82 Å². The van der Waals surface area contributed by atoms with E-state index in [9.17, 15) is 4.79 Å². The Morgan fingerprint density at radius 1 is 1.07 bits per heavy atom. The van der Waals surface area contributed by atoms with E-state index >= 15 is 0 Å². The molecule has 0 radical (unpaired) electrons. The number of carbonyl (C=O) groups excluding carboxylic acids is 1. The lowest BCUT2D eigenvalue weighted by Gasteiger charge is -2.27. The van der Waals surface area contributed by atoms with Crippen molar-refractivity contribution in [1.29, 1.82) is 0 Å². The second-order valence-electron chi connectivity index (χ2n) is 6.63. The van der Waals surface area contributed by atoms with Crippen LogP contribution < -0.4 is 10.2 Å². The molecule has 3 heterocycles. The standard InChI is InChI=1S/C22H22N4O2S/c27-22(25-19-5-8-21(24-15-19)26-10-12-28-13-11-26)18-3-6-20(7-4-18)29-16-17-2-1-9-23-14-17/h1-9,14-15H,10-13,16H2,(H,25,27). The average Bonchev–Trinajstić information content (AvgIpc) is 2.80. The summed E-state index contributed by atoms with van der Waals surface area (Å²) in [6.07, 6.45) is 5.33. The number of nitrogens with one attached hydrogen (secondary N) is 1. The molecule has 1 saturated heterocycles. The highest BCUT2D eigenvalue weighted by Gasteiger charge is 2.12. The summed E-state index contributed by atoms with van der Waals surface area (Å²) >= 11 is 1.72. The van der Waals surface area contributed by atoms with Crippen LogP contribution in [0.5, 0.6) is 0 Å². The molecule has 0 saturated carbocycles. The normalized spacial score (nSPS) is 13.9. The van der Waals surface area contributed by atoms with Crippen molar-refractivity contribution < 1.29 is 9.53 Å². The first-order chi connectivity index (χ1) is 14.3. The van der Waals surface area contributed by atoms with Crippen molar-refractivity contribution in [2.75, 3.05) is 36.5 Å². The molecule has 2 aromatic heterocycles. The minimum atomic E-state index is -0.144. The van der Waals surface area contributed by atoms with E-state index in [0.29, 0.717) is 11.3 Å². The van der Waals surface area contributed by atoms with Gasteiger partial charge in [0.25, 0.3) is 5.91 Å². The second-order valence-corrected chi connectivity index (χ2v) is 7.68. The lowest BCUT2D eigenvalue weighted by atomic mass is 10.2. The van der Waals surface area contributed by atoms with Gasteiger partial charge in [-0.05, 0) is 48.0 Å². The lowest BCUT2D eigenvalue weighted by molar-refractivity contribution is 0.102. The zero-order valence-electron chi connectivity index (χ0n) is 16.0. The van der Waals surface area contributed by atoms with Gasteiger partial charge in [0.2, 0.25) is 0 Å². The summed E-state index contributed by atoms with van der Waals surface area (Å²) in [7, 11) is 0. The van der Waals surface area contributed by atoms with Crippen molar-refractivity contribution in [1.82, 2.24) is 9.97 Å².